The van der Waals surface area contributed by atoms with Crippen molar-refractivity contribution >= 4 is 5.91 Å². The highest BCUT2D eigenvalue weighted by Crippen LogP contribution is 2.16. The van der Waals surface area contributed by atoms with Crippen LogP contribution in [0.2, 0.25) is 0 Å². The average Bonchev–Trinajstić information content (AvgIpc) is 2.13. The summed E-state index contributed by atoms with van der Waals surface area (Å²) in [7, 11) is 0. The Kier molecular flexibility index (Phi) is 1.62. The zero-order valence-corrected chi connectivity index (χ0v) is 6.11. The first kappa shape index (κ1) is 7.06. The molecule has 0 aromatic heterocycles. The van der Waals surface area contributed by atoms with E-state index < -0.39 is 0 Å². The molecule has 1 saturated heterocycles. The van der Waals surface area contributed by atoms with Crippen molar-refractivity contribution < 1.29 is 4.79 Å². The number of rotatable bonds is 1. The number of nitrogens with one attached hydrogen (secondary N) is 1. The Balaban J connectivity index is 2.66. The summed E-state index contributed by atoms with van der Waals surface area (Å²) in [5.74, 6) is -0.0343. The molecule has 1 atom stereocenters. The van der Waals surface area contributed by atoms with Crippen LogP contribution in [0.1, 0.15) is 13.3 Å². The molecule has 10 heavy (non-hydrogen) atoms. The predicted octanol–water partition coefficient (Wildman–Crippen LogP) is 1.01. The van der Waals surface area contributed by atoms with Crippen LogP contribution in [0.15, 0.2) is 24.3 Å². The molecule has 1 aliphatic rings. The quantitative estimate of drug-likeness (QED) is 0.424. The molecule has 0 saturated carbocycles. The van der Waals surface area contributed by atoms with Gasteiger partial charge in [0.2, 0.25) is 5.91 Å². The summed E-state index contributed by atoms with van der Waals surface area (Å²) in [6.45, 7) is 9.27. The fraction of sp³-hybridized carbons (Fsp3) is 0.375. The van der Waals surface area contributed by atoms with E-state index in [9.17, 15) is 4.79 Å². The highest BCUT2D eigenvalue weighted by molar-refractivity contribution is 5.95. The summed E-state index contributed by atoms with van der Waals surface area (Å²) in [4.78, 5) is 10.8. The van der Waals surface area contributed by atoms with Crippen molar-refractivity contribution in [1.82, 2.24) is 5.32 Å². The van der Waals surface area contributed by atoms with Gasteiger partial charge in [0, 0.05) is 12.0 Å². The fourth-order valence-electron chi connectivity index (χ4n) is 0.948. The topological polar surface area (TPSA) is 29.1 Å². The monoisotopic (exact) mass is 137 g/mol. The minimum Gasteiger partial charge on any atom is -0.346 e. The second kappa shape index (κ2) is 2.29. The molecule has 1 rings (SSSR count). The highest BCUT2D eigenvalue weighted by atomic mass is 16.2. The fourth-order valence-corrected chi connectivity index (χ4v) is 0.948. The number of carbonyl (C=O) groups is 1. The van der Waals surface area contributed by atoms with Crippen LogP contribution < -0.4 is 5.32 Å². The largest absolute Gasteiger partial charge is 0.346 e. The van der Waals surface area contributed by atoms with Crippen LogP contribution in [-0.2, 0) is 4.79 Å². The van der Waals surface area contributed by atoms with Crippen LogP contribution >= 0.6 is 0 Å². The molecule has 0 bridgehead atoms. The van der Waals surface area contributed by atoms with E-state index in [-0.39, 0.29) is 11.9 Å². The van der Waals surface area contributed by atoms with Gasteiger partial charge in [-0.2, -0.15) is 0 Å². The van der Waals surface area contributed by atoms with E-state index in [1.54, 1.807) is 0 Å². The maximum atomic E-state index is 10.8. The van der Waals surface area contributed by atoms with Gasteiger partial charge >= 0.3 is 0 Å². The van der Waals surface area contributed by atoms with Crippen molar-refractivity contribution in [3.8, 4) is 0 Å². The van der Waals surface area contributed by atoms with Gasteiger partial charge in [-0.25, -0.2) is 0 Å². The molecular weight excluding hydrogens is 126 g/mol. The number of carbonyl (C=O) groups excluding carboxylic acids is 1. The lowest BCUT2D eigenvalue weighted by Crippen LogP contribution is -2.25. The van der Waals surface area contributed by atoms with E-state index in [1.807, 2.05) is 6.92 Å². The first-order chi connectivity index (χ1) is 4.61. The van der Waals surface area contributed by atoms with Gasteiger partial charge in [-0.3, -0.25) is 4.79 Å². The molecule has 1 amide bonds. The molecule has 54 valence electrons. The lowest BCUT2D eigenvalue weighted by atomic mass is 10.1. The van der Waals surface area contributed by atoms with Crippen molar-refractivity contribution in [1.29, 1.82) is 0 Å². The third kappa shape index (κ3) is 1.10. The Morgan fingerprint density at radius 2 is 2.40 bits per heavy atom. The second-order valence-electron chi connectivity index (χ2n) is 2.68. The summed E-state index contributed by atoms with van der Waals surface area (Å²) in [5.41, 5.74) is 1.65. The van der Waals surface area contributed by atoms with Crippen LogP contribution in [-0.4, -0.2) is 11.9 Å². The number of hydrogen-bond donors (Lipinski definition) is 1. The van der Waals surface area contributed by atoms with Gasteiger partial charge in [-0.1, -0.05) is 18.7 Å². The average molecular weight is 137 g/mol. The molecular formula is C8H11NO. The van der Waals surface area contributed by atoms with E-state index in [4.69, 9.17) is 0 Å². The summed E-state index contributed by atoms with van der Waals surface area (Å²) >= 11 is 0. The van der Waals surface area contributed by atoms with Gasteiger partial charge in [0.05, 0.1) is 6.04 Å². The lowest BCUT2D eigenvalue weighted by Gasteiger charge is -2.06. The lowest BCUT2D eigenvalue weighted by molar-refractivity contribution is -0.116. The summed E-state index contributed by atoms with van der Waals surface area (Å²) in [6.07, 6.45) is 0.716. The van der Waals surface area contributed by atoms with Gasteiger partial charge in [0.1, 0.15) is 0 Å². The van der Waals surface area contributed by atoms with Gasteiger partial charge in [0.15, 0.2) is 0 Å². The van der Waals surface area contributed by atoms with Gasteiger partial charge in [0.25, 0.3) is 0 Å². The molecule has 1 aliphatic heterocycles. The Morgan fingerprint density at radius 3 is 2.60 bits per heavy atom. The first-order valence-electron chi connectivity index (χ1n) is 3.25. The van der Waals surface area contributed by atoms with Gasteiger partial charge in [-0.15, -0.1) is 0 Å². The molecule has 1 heterocycles. The highest BCUT2D eigenvalue weighted by Gasteiger charge is 2.24. The van der Waals surface area contributed by atoms with Crippen LogP contribution in [0.4, 0.5) is 0 Å². The SMILES string of the molecule is C=C1CC(C(=C)C)NC1=O. The van der Waals surface area contributed by atoms with Crippen molar-refractivity contribution in [3.63, 3.8) is 0 Å². The normalized spacial score (nSPS) is 24.7. The zero-order chi connectivity index (χ0) is 7.72. The maximum absolute atomic E-state index is 10.8. The Hall–Kier alpha value is -1.05. The minimum atomic E-state index is -0.0343. The standard InChI is InChI=1S/C8H11NO/c1-5(2)7-4-6(3)8(10)9-7/h7H,1,3-4H2,2H3,(H,9,10). The Morgan fingerprint density at radius 1 is 1.80 bits per heavy atom. The summed E-state index contributed by atoms with van der Waals surface area (Å²) in [6, 6.07) is 0.125. The van der Waals surface area contributed by atoms with Crippen molar-refractivity contribution in [3.05, 3.63) is 24.3 Å². The minimum absolute atomic E-state index is 0.0343. The molecule has 1 unspecified atom stereocenters. The first-order valence-corrected chi connectivity index (χ1v) is 3.25. The Bertz CT molecular complexity index is 189. The molecule has 0 aliphatic carbocycles. The van der Waals surface area contributed by atoms with E-state index in [1.165, 1.54) is 0 Å². The van der Waals surface area contributed by atoms with E-state index in [0.717, 1.165) is 5.57 Å². The molecule has 2 heteroatoms. The summed E-state index contributed by atoms with van der Waals surface area (Å²) < 4.78 is 0. The predicted molar refractivity (Wildman–Crippen MR) is 40.5 cm³/mol. The number of amides is 1. The maximum Gasteiger partial charge on any atom is 0.247 e. The zero-order valence-electron chi connectivity index (χ0n) is 6.11. The number of hydrogen-bond acceptors (Lipinski definition) is 1. The van der Waals surface area contributed by atoms with Gasteiger partial charge in [-0.05, 0) is 6.92 Å². The molecule has 0 aromatic rings. The third-order valence-corrected chi connectivity index (χ3v) is 1.67. The molecule has 0 aromatic carbocycles. The van der Waals surface area contributed by atoms with E-state index in [2.05, 4.69) is 18.5 Å². The van der Waals surface area contributed by atoms with Crippen LogP contribution in [0.5, 0.6) is 0 Å². The molecule has 1 fully saturated rings. The smallest absolute Gasteiger partial charge is 0.247 e. The molecule has 2 nitrogen and oxygen atoms in total. The van der Waals surface area contributed by atoms with Crippen molar-refractivity contribution in [2.45, 2.75) is 19.4 Å². The molecule has 0 radical (unpaired) electrons. The second-order valence-corrected chi connectivity index (χ2v) is 2.68. The van der Waals surface area contributed by atoms with E-state index >= 15 is 0 Å². The molecule has 0 spiro atoms. The van der Waals surface area contributed by atoms with Gasteiger partial charge < -0.3 is 5.32 Å². The van der Waals surface area contributed by atoms with Crippen molar-refractivity contribution in [2.75, 3.05) is 0 Å². The molecule has 1 N–H and O–H groups in total. The summed E-state index contributed by atoms with van der Waals surface area (Å²) in [5, 5.41) is 2.77. The third-order valence-electron chi connectivity index (χ3n) is 1.67. The van der Waals surface area contributed by atoms with Crippen molar-refractivity contribution in [2.24, 2.45) is 0 Å². The van der Waals surface area contributed by atoms with E-state index in [0.29, 0.717) is 12.0 Å². The van der Waals surface area contributed by atoms with Crippen LogP contribution in [0, 0.1) is 0 Å². The van der Waals surface area contributed by atoms with Crippen LogP contribution in [0.3, 0.4) is 0 Å². The van der Waals surface area contributed by atoms with Crippen LogP contribution in [0.25, 0.3) is 0 Å². The Labute approximate surface area is 60.6 Å².